The van der Waals surface area contributed by atoms with Crippen LogP contribution in [0.25, 0.3) is 0 Å². The van der Waals surface area contributed by atoms with E-state index in [1.807, 2.05) is 13.8 Å². The molecule has 106 valence electrons. The molecule has 2 atom stereocenters. The molecule has 0 aliphatic carbocycles. The molecule has 0 fully saturated rings. The quantitative estimate of drug-likeness (QED) is 0.670. The van der Waals surface area contributed by atoms with Gasteiger partial charge in [0.25, 0.3) is 0 Å². The Kier molecular flexibility index (Phi) is 8.37. The lowest BCUT2D eigenvalue weighted by molar-refractivity contribution is -0.155. The molecular weight excluding hydrogens is 236 g/mol. The standard InChI is InChI=1S/C13H24O5/c1-5-17-12(15)8-11(14)10(7-9(3)4)13(16)18-6-2/h9-11,14H,5-8H2,1-4H3. The lowest BCUT2D eigenvalue weighted by Crippen LogP contribution is -2.33. The van der Waals surface area contributed by atoms with E-state index in [2.05, 4.69) is 0 Å². The van der Waals surface area contributed by atoms with E-state index in [0.717, 1.165) is 0 Å². The first kappa shape index (κ1) is 16.9. The second kappa shape index (κ2) is 8.91. The first-order chi connectivity index (χ1) is 8.42. The van der Waals surface area contributed by atoms with Crippen LogP contribution in [0.15, 0.2) is 0 Å². The fourth-order valence-electron chi connectivity index (χ4n) is 1.70. The molecule has 0 aliphatic heterocycles. The summed E-state index contributed by atoms with van der Waals surface area (Å²) in [4.78, 5) is 23.0. The average molecular weight is 260 g/mol. The van der Waals surface area contributed by atoms with E-state index >= 15 is 0 Å². The highest BCUT2D eigenvalue weighted by molar-refractivity contribution is 5.75. The Morgan fingerprint density at radius 1 is 1.11 bits per heavy atom. The summed E-state index contributed by atoms with van der Waals surface area (Å²) in [6.45, 7) is 7.83. The normalized spacial score (nSPS) is 14.1. The molecule has 0 aromatic carbocycles. The molecule has 0 amide bonds. The Bertz CT molecular complexity index is 262. The van der Waals surface area contributed by atoms with Crippen molar-refractivity contribution >= 4 is 11.9 Å². The topological polar surface area (TPSA) is 72.8 Å². The average Bonchev–Trinajstić information content (AvgIpc) is 2.25. The number of ether oxygens (including phenoxy) is 2. The molecule has 0 aromatic heterocycles. The number of carbonyl (C=O) groups is 2. The molecule has 0 bridgehead atoms. The van der Waals surface area contributed by atoms with Crippen molar-refractivity contribution in [2.45, 2.75) is 46.6 Å². The minimum atomic E-state index is -1.05. The minimum Gasteiger partial charge on any atom is -0.466 e. The van der Waals surface area contributed by atoms with E-state index in [4.69, 9.17) is 9.47 Å². The Morgan fingerprint density at radius 3 is 2.11 bits per heavy atom. The van der Waals surface area contributed by atoms with Crippen molar-refractivity contribution in [2.24, 2.45) is 11.8 Å². The highest BCUT2D eigenvalue weighted by atomic mass is 16.5. The van der Waals surface area contributed by atoms with Crippen LogP contribution >= 0.6 is 0 Å². The summed E-state index contributed by atoms with van der Waals surface area (Å²) in [5, 5.41) is 9.95. The summed E-state index contributed by atoms with van der Waals surface area (Å²) in [5.74, 6) is -1.39. The van der Waals surface area contributed by atoms with Crippen molar-refractivity contribution in [3.8, 4) is 0 Å². The third-order valence-corrected chi connectivity index (χ3v) is 2.46. The predicted octanol–water partition coefficient (Wildman–Crippen LogP) is 1.53. The largest absolute Gasteiger partial charge is 0.466 e. The van der Waals surface area contributed by atoms with Crippen molar-refractivity contribution in [3.63, 3.8) is 0 Å². The first-order valence-electron chi connectivity index (χ1n) is 6.42. The number of aliphatic hydroxyl groups excluding tert-OH is 1. The van der Waals surface area contributed by atoms with Crippen LogP contribution in [0.3, 0.4) is 0 Å². The summed E-state index contributed by atoms with van der Waals surface area (Å²) in [7, 11) is 0. The van der Waals surface area contributed by atoms with Crippen molar-refractivity contribution in [1.82, 2.24) is 0 Å². The molecule has 5 nitrogen and oxygen atoms in total. The van der Waals surface area contributed by atoms with Crippen LogP contribution in [0.2, 0.25) is 0 Å². The number of rotatable bonds is 8. The number of esters is 2. The molecule has 0 saturated carbocycles. The molecule has 0 heterocycles. The summed E-state index contributed by atoms with van der Waals surface area (Å²) in [6.07, 6.45) is -0.741. The van der Waals surface area contributed by atoms with Crippen LogP contribution in [0.5, 0.6) is 0 Å². The Balaban J connectivity index is 4.53. The van der Waals surface area contributed by atoms with Gasteiger partial charge in [-0.05, 0) is 26.2 Å². The molecule has 0 aromatic rings. The Morgan fingerprint density at radius 2 is 1.67 bits per heavy atom. The zero-order valence-corrected chi connectivity index (χ0v) is 11.6. The van der Waals surface area contributed by atoms with Gasteiger partial charge in [0.1, 0.15) is 0 Å². The molecular formula is C13H24O5. The smallest absolute Gasteiger partial charge is 0.311 e. The number of hydrogen-bond donors (Lipinski definition) is 1. The summed E-state index contributed by atoms with van der Waals surface area (Å²) in [5.41, 5.74) is 0. The monoisotopic (exact) mass is 260 g/mol. The SMILES string of the molecule is CCOC(=O)CC(O)C(CC(C)C)C(=O)OCC. The van der Waals surface area contributed by atoms with E-state index in [9.17, 15) is 14.7 Å². The van der Waals surface area contributed by atoms with Gasteiger partial charge < -0.3 is 14.6 Å². The molecule has 18 heavy (non-hydrogen) atoms. The van der Waals surface area contributed by atoms with Gasteiger partial charge in [-0.3, -0.25) is 9.59 Å². The molecule has 5 heteroatoms. The zero-order chi connectivity index (χ0) is 14.1. The summed E-state index contributed by atoms with van der Waals surface area (Å²) >= 11 is 0. The maximum absolute atomic E-state index is 11.7. The van der Waals surface area contributed by atoms with Crippen LogP contribution in [-0.4, -0.2) is 36.4 Å². The van der Waals surface area contributed by atoms with Crippen LogP contribution in [0.4, 0.5) is 0 Å². The number of carbonyl (C=O) groups excluding carboxylic acids is 2. The van der Waals surface area contributed by atoms with Gasteiger partial charge in [-0.1, -0.05) is 13.8 Å². The maximum Gasteiger partial charge on any atom is 0.311 e. The van der Waals surface area contributed by atoms with Crippen molar-refractivity contribution in [3.05, 3.63) is 0 Å². The van der Waals surface area contributed by atoms with Gasteiger partial charge >= 0.3 is 11.9 Å². The highest BCUT2D eigenvalue weighted by Crippen LogP contribution is 2.20. The van der Waals surface area contributed by atoms with Crippen LogP contribution < -0.4 is 0 Å². The Hall–Kier alpha value is -1.10. The van der Waals surface area contributed by atoms with Gasteiger partial charge in [-0.2, -0.15) is 0 Å². The number of hydrogen-bond acceptors (Lipinski definition) is 5. The second-order valence-electron chi connectivity index (χ2n) is 4.56. The Labute approximate surface area is 108 Å². The van der Waals surface area contributed by atoms with Gasteiger partial charge in [-0.25, -0.2) is 0 Å². The minimum absolute atomic E-state index is 0.177. The second-order valence-corrected chi connectivity index (χ2v) is 4.56. The molecule has 2 unspecified atom stereocenters. The van der Waals surface area contributed by atoms with E-state index in [1.165, 1.54) is 0 Å². The van der Waals surface area contributed by atoms with Crippen molar-refractivity contribution < 1.29 is 24.2 Å². The van der Waals surface area contributed by atoms with Gasteiger partial charge in [0.05, 0.1) is 31.7 Å². The molecule has 0 aliphatic rings. The molecule has 1 N–H and O–H groups in total. The van der Waals surface area contributed by atoms with Crippen LogP contribution in [-0.2, 0) is 19.1 Å². The van der Waals surface area contributed by atoms with E-state index in [-0.39, 0.29) is 25.6 Å². The predicted molar refractivity (Wildman–Crippen MR) is 66.8 cm³/mol. The molecule has 0 saturated heterocycles. The van der Waals surface area contributed by atoms with Gasteiger partial charge in [-0.15, -0.1) is 0 Å². The lowest BCUT2D eigenvalue weighted by Gasteiger charge is -2.22. The summed E-state index contributed by atoms with van der Waals surface area (Å²) < 4.78 is 9.67. The lowest BCUT2D eigenvalue weighted by atomic mass is 9.90. The first-order valence-corrected chi connectivity index (χ1v) is 6.42. The van der Waals surface area contributed by atoms with Gasteiger partial charge in [0.2, 0.25) is 0 Å². The summed E-state index contributed by atoms with van der Waals surface area (Å²) in [6, 6.07) is 0. The molecule has 0 rings (SSSR count). The molecule has 0 spiro atoms. The van der Waals surface area contributed by atoms with Crippen molar-refractivity contribution in [1.29, 1.82) is 0 Å². The maximum atomic E-state index is 11.7. The fourth-order valence-corrected chi connectivity index (χ4v) is 1.70. The van der Waals surface area contributed by atoms with E-state index in [1.54, 1.807) is 13.8 Å². The zero-order valence-electron chi connectivity index (χ0n) is 11.6. The van der Waals surface area contributed by atoms with Gasteiger partial charge in [0.15, 0.2) is 0 Å². The third kappa shape index (κ3) is 6.59. The van der Waals surface area contributed by atoms with Crippen molar-refractivity contribution in [2.75, 3.05) is 13.2 Å². The third-order valence-electron chi connectivity index (χ3n) is 2.46. The van der Waals surface area contributed by atoms with Crippen LogP contribution in [0.1, 0.15) is 40.5 Å². The fraction of sp³-hybridized carbons (Fsp3) is 0.846. The van der Waals surface area contributed by atoms with E-state index < -0.39 is 24.0 Å². The number of aliphatic hydroxyl groups is 1. The molecule has 0 radical (unpaired) electrons. The van der Waals surface area contributed by atoms with E-state index in [0.29, 0.717) is 6.42 Å². The van der Waals surface area contributed by atoms with Gasteiger partial charge in [0, 0.05) is 0 Å². The van der Waals surface area contributed by atoms with Crippen LogP contribution in [0, 0.1) is 11.8 Å². The highest BCUT2D eigenvalue weighted by Gasteiger charge is 2.30.